The van der Waals surface area contributed by atoms with Crippen LogP contribution in [-0.2, 0) is 4.79 Å². The van der Waals surface area contributed by atoms with Crippen LogP contribution in [-0.4, -0.2) is 11.2 Å². The number of carbonyl (C=O) groups is 1. The molecule has 0 spiro atoms. The third-order valence-electron chi connectivity index (χ3n) is 0.951. The number of rotatable bonds is 0. The average molecular weight is 159 g/mol. The molecule has 10 heavy (non-hydrogen) atoms. The van der Waals surface area contributed by atoms with Gasteiger partial charge >= 0.3 is 0 Å². The van der Waals surface area contributed by atoms with Gasteiger partial charge in [0.05, 0.1) is 10.3 Å². The van der Waals surface area contributed by atoms with Crippen LogP contribution in [0.25, 0.3) is 0 Å². The van der Waals surface area contributed by atoms with Crippen LogP contribution in [0.1, 0.15) is 20.8 Å². The van der Waals surface area contributed by atoms with Gasteiger partial charge in [0.15, 0.2) is 0 Å². The summed E-state index contributed by atoms with van der Waals surface area (Å²) in [5, 5.41) is 3.42. The standard InChI is InChI=1S/C5H7NOS.C2H6/c1-3-5(7)6-4(2)8-3;1-2/h3H,2H2,1H3,(H,6,7);1-2H3. The first kappa shape index (κ1) is 9.56. The molecule has 0 aliphatic carbocycles. The maximum Gasteiger partial charge on any atom is 0.238 e. The van der Waals surface area contributed by atoms with Crippen LogP contribution in [0.15, 0.2) is 11.6 Å². The van der Waals surface area contributed by atoms with Crippen molar-refractivity contribution in [3.8, 4) is 0 Å². The predicted octanol–water partition coefficient (Wildman–Crippen LogP) is 1.74. The zero-order chi connectivity index (χ0) is 8.15. The normalized spacial score (nSPS) is 23.3. The molecule has 1 N–H and O–H groups in total. The van der Waals surface area contributed by atoms with Gasteiger partial charge in [0.2, 0.25) is 5.91 Å². The minimum absolute atomic E-state index is 0.0579. The SMILES string of the molecule is C=C1NC(=O)C(C)S1.CC. The lowest BCUT2D eigenvalue weighted by molar-refractivity contribution is -0.118. The lowest BCUT2D eigenvalue weighted by Crippen LogP contribution is -2.18. The highest BCUT2D eigenvalue weighted by atomic mass is 32.2. The van der Waals surface area contributed by atoms with Crippen molar-refractivity contribution in [3.63, 3.8) is 0 Å². The molecule has 0 bridgehead atoms. The second-order valence-corrected chi connectivity index (χ2v) is 3.11. The number of carbonyl (C=O) groups excluding carboxylic acids is 1. The molecule has 1 heterocycles. The van der Waals surface area contributed by atoms with E-state index in [1.54, 1.807) is 0 Å². The van der Waals surface area contributed by atoms with Gasteiger partial charge in [-0.25, -0.2) is 0 Å². The van der Waals surface area contributed by atoms with Crippen molar-refractivity contribution in [2.45, 2.75) is 26.0 Å². The molecule has 1 unspecified atom stereocenters. The molecule has 1 amide bonds. The Hall–Kier alpha value is -0.440. The second kappa shape index (κ2) is 4.39. The number of amides is 1. The smallest absolute Gasteiger partial charge is 0.238 e. The summed E-state index contributed by atoms with van der Waals surface area (Å²) < 4.78 is 0. The Morgan fingerprint density at radius 3 is 2.20 bits per heavy atom. The molecule has 1 fully saturated rings. The van der Waals surface area contributed by atoms with Gasteiger partial charge in [0, 0.05) is 0 Å². The zero-order valence-electron chi connectivity index (χ0n) is 6.60. The Morgan fingerprint density at radius 1 is 1.60 bits per heavy atom. The summed E-state index contributed by atoms with van der Waals surface area (Å²) in [6, 6.07) is 0. The summed E-state index contributed by atoms with van der Waals surface area (Å²) in [6.45, 7) is 9.45. The fraction of sp³-hybridized carbons (Fsp3) is 0.571. The molecule has 0 aromatic rings. The summed E-state index contributed by atoms with van der Waals surface area (Å²) in [6.07, 6.45) is 0. The molecule has 2 nitrogen and oxygen atoms in total. The minimum atomic E-state index is 0.0579. The van der Waals surface area contributed by atoms with E-state index >= 15 is 0 Å². The average Bonchev–Trinajstić information content (AvgIpc) is 2.16. The number of hydrogen-bond donors (Lipinski definition) is 1. The number of thioether (sulfide) groups is 1. The molecule has 1 rings (SSSR count). The van der Waals surface area contributed by atoms with E-state index in [0.717, 1.165) is 5.03 Å². The van der Waals surface area contributed by atoms with Gasteiger partial charge in [-0.2, -0.15) is 0 Å². The summed E-state index contributed by atoms with van der Waals surface area (Å²) in [4.78, 5) is 10.6. The Labute approximate surface area is 66.1 Å². The Morgan fingerprint density at radius 2 is 2.10 bits per heavy atom. The van der Waals surface area contributed by atoms with Crippen molar-refractivity contribution in [2.75, 3.05) is 0 Å². The molecule has 0 radical (unpaired) electrons. The first-order valence-electron chi connectivity index (χ1n) is 3.36. The third kappa shape index (κ3) is 2.43. The molecule has 1 saturated heterocycles. The minimum Gasteiger partial charge on any atom is -0.320 e. The first-order chi connectivity index (χ1) is 4.70. The second-order valence-electron chi connectivity index (χ2n) is 1.67. The van der Waals surface area contributed by atoms with Gasteiger partial charge in [-0.3, -0.25) is 4.79 Å². The van der Waals surface area contributed by atoms with Crippen LogP contribution in [0.4, 0.5) is 0 Å². The van der Waals surface area contributed by atoms with E-state index in [-0.39, 0.29) is 11.2 Å². The number of hydrogen-bond acceptors (Lipinski definition) is 2. The van der Waals surface area contributed by atoms with Crippen molar-refractivity contribution in [1.29, 1.82) is 0 Å². The van der Waals surface area contributed by atoms with E-state index in [4.69, 9.17) is 0 Å². The van der Waals surface area contributed by atoms with E-state index in [0.29, 0.717) is 0 Å². The summed E-state index contributed by atoms with van der Waals surface area (Å²) in [5.41, 5.74) is 0. The van der Waals surface area contributed by atoms with Crippen molar-refractivity contribution >= 4 is 17.7 Å². The van der Waals surface area contributed by atoms with Crippen LogP contribution in [0.5, 0.6) is 0 Å². The lowest BCUT2D eigenvalue weighted by Gasteiger charge is -1.88. The van der Waals surface area contributed by atoms with E-state index in [1.807, 2.05) is 20.8 Å². The van der Waals surface area contributed by atoms with E-state index < -0.39 is 0 Å². The van der Waals surface area contributed by atoms with Crippen LogP contribution >= 0.6 is 11.8 Å². The molecule has 0 aromatic carbocycles. The van der Waals surface area contributed by atoms with E-state index in [1.165, 1.54) is 11.8 Å². The highest BCUT2D eigenvalue weighted by Gasteiger charge is 2.22. The number of nitrogens with one attached hydrogen (secondary N) is 1. The van der Waals surface area contributed by atoms with Gasteiger partial charge in [-0.1, -0.05) is 32.2 Å². The molecule has 0 saturated carbocycles. The van der Waals surface area contributed by atoms with Gasteiger partial charge in [-0.15, -0.1) is 0 Å². The first-order valence-corrected chi connectivity index (χ1v) is 4.24. The molecule has 1 atom stereocenters. The van der Waals surface area contributed by atoms with Gasteiger partial charge in [-0.05, 0) is 6.92 Å². The molecule has 1 aliphatic heterocycles. The van der Waals surface area contributed by atoms with Crippen LogP contribution in [0.2, 0.25) is 0 Å². The maximum atomic E-state index is 10.6. The Balaban J connectivity index is 0.000000371. The van der Waals surface area contributed by atoms with Crippen molar-refractivity contribution in [1.82, 2.24) is 5.32 Å². The topological polar surface area (TPSA) is 29.1 Å². The molecular weight excluding hydrogens is 146 g/mol. The predicted molar refractivity (Wildman–Crippen MR) is 45.7 cm³/mol. The molecular formula is C7H13NOS. The monoisotopic (exact) mass is 159 g/mol. The lowest BCUT2D eigenvalue weighted by atomic mass is 10.4. The van der Waals surface area contributed by atoms with Gasteiger partial charge in [0.25, 0.3) is 0 Å². The van der Waals surface area contributed by atoms with Crippen molar-refractivity contribution in [2.24, 2.45) is 0 Å². The van der Waals surface area contributed by atoms with Crippen LogP contribution < -0.4 is 5.32 Å². The quantitative estimate of drug-likeness (QED) is 0.583. The maximum absolute atomic E-state index is 10.6. The van der Waals surface area contributed by atoms with Crippen molar-refractivity contribution in [3.05, 3.63) is 11.6 Å². The van der Waals surface area contributed by atoms with Crippen LogP contribution in [0.3, 0.4) is 0 Å². The zero-order valence-corrected chi connectivity index (χ0v) is 7.42. The Kier molecular flexibility index (Phi) is 4.19. The highest BCUT2D eigenvalue weighted by molar-refractivity contribution is 8.04. The van der Waals surface area contributed by atoms with Gasteiger partial charge < -0.3 is 5.32 Å². The summed E-state index contributed by atoms with van der Waals surface area (Å²) in [7, 11) is 0. The fourth-order valence-corrected chi connectivity index (χ4v) is 1.29. The summed E-state index contributed by atoms with van der Waals surface area (Å²) in [5.74, 6) is 0.0694. The van der Waals surface area contributed by atoms with Crippen LogP contribution in [0, 0.1) is 0 Å². The summed E-state index contributed by atoms with van der Waals surface area (Å²) >= 11 is 1.47. The molecule has 1 aliphatic rings. The van der Waals surface area contributed by atoms with E-state index in [2.05, 4.69) is 11.9 Å². The van der Waals surface area contributed by atoms with Gasteiger partial charge in [0.1, 0.15) is 0 Å². The van der Waals surface area contributed by atoms with E-state index in [9.17, 15) is 4.79 Å². The molecule has 0 aromatic heterocycles. The third-order valence-corrected chi connectivity index (χ3v) is 1.91. The largest absolute Gasteiger partial charge is 0.320 e. The fourth-order valence-electron chi connectivity index (χ4n) is 0.535. The Bertz CT molecular complexity index is 145. The van der Waals surface area contributed by atoms with Crippen molar-refractivity contribution < 1.29 is 4.79 Å². The molecule has 3 heteroatoms. The highest BCUT2D eigenvalue weighted by Crippen LogP contribution is 2.23. The molecule has 58 valence electrons.